The first kappa shape index (κ1) is 14.5. The van der Waals surface area contributed by atoms with E-state index in [1.165, 1.54) is 4.90 Å². The molecule has 4 nitrogen and oxygen atoms in total. The second kappa shape index (κ2) is 7.01. The van der Waals surface area contributed by atoms with E-state index in [0.29, 0.717) is 17.9 Å². The average molecular weight is 251 g/mol. The minimum atomic E-state index is -0.197. The molecule has 4 heteroatoms. The quantitative estimate of drug-likeness (QED) is 0.840. The molecule has 1 aromatic carbocycles. The molecule has 0 spiro atoms. The lowest BCUT2D eigenvalue weighted by Crippen LogP contribution is -2.37. The molecule has 1 amide bonds. The zero-order chi connectivity index (χ0) is 13.5. The number of hydrogen-bond donors (Lipinski definition) is 1. The SMILES string of the molecule is CCCOc1cccc(C(=O)N(C)C(C)CO)c1. The standard InChI is InChI=1S/C14H21NO3/c1-4-8-18-13-7-5-6-12(9-13)14(17)15(3)11(2)10-16/h5-7,9,11,16H,4,8,10H2,1-3H3. The van der Waals surface area contributed by atoms with Gasteiger partial charge >= 0.3 is 0 Å². The second-order valence-electron chi connectivity index (χ2n) is 4.32. The number of nitrogens with zero attached hydrogens (tertiary/aromatic N) is 1. The number of rotatable bonds is 6. The molecule has 0 saturated carbocycles. The van der Waals surface area contributed by atoms with Crippen LogP contribution in [0.25, 0.3) is 0 Å². The Hall–Kier alpha value is -1.55. The van der Waals surface area contributed by atoms with Gasteiger partial charge in [0.2, 0.25) is 0 Å². The van der Waals surface area contributed by atoms with Gasteiger partial charge in [0.15, 0.2) is 0 Å². The first-order chi connectivity index (χ1) is 8.60. The van der Waals surface area contributed by atoms with Gasteiger partial charge in [-0.05, 0) is 31.5 Å². The van der Waals surface area contributed by atoms with Gasteiger partial charge in [-0.15, -0.1) is 0 Å². The smallest absolute Gasteiger partial charge is 0.254 e. The summed E-state index contributed by atoms with van der Waals surface area (Å²) in [5.41, 5.74) is 0.575. The van der Waals surface area contributed by atoms with Gasteiger partial charge in [-0.2, -0.15) is 0 Å². The van der Waals surface area contributed by atoms with Crippen molar-refractivity contribution in [2.75, 3.05) is 20.3 Å². The van der Waals surface area contributed by atoms with Crippen LogP contribution in [0, 0.1) is 0 Å². The number of ether oxygens (including phenoxy) is 1. The fourth-order valence-corrected chi connectivity index (χ4v) is 1.47. The van der Waals surface area contributed by atoms with Gasteiger partial charge < -0.3 is 14.7 Å². The van der Waals surface area contributed by atoms with E-state index in [-0.39, 0.29) is 18.6 Å². The lowest BCUT2D eigenvalue weighted by atomic mass is 10.1. The van der Waals surface area contributed by atoms with Crippen molar-refractivity contribution in [1.82, 2.24) is 4.90 Å². The van der Waals surface area contributed by atoms with Crippen LogP contribution in [-0.4, -0.2) is 42.2 Å². The highest BCUT2D eigenvalue weighted by molar-refractivity contribution is 5.94. The van der Waals surface area contributed by atoms with E-state index in [2.05, 4.69) is 0 Å². The summed E-state index contributed by atoms with van der Waals surface area (Å²) >= 11 is 0. The summed E-state index contributed by atoms with van der Waals surface area (Å²) in [5.74, 6) is 0.589. The van der Waals surface area contributed by atoms with E-state index in [4.69, 9.17) is 9.84 Å². The Bertz CT molecular complexity index is 392. The molecule has 0 saturated heterocycles. The zero-order valence-corrected chi connectivity index (χ0v) is 11.2. The zero-order valence-electron chi connectivity index (χ0n) is 11.2. The molecule has 1 rings (SSSR count). The van der Waals surface area contributed by atoms with Gasteiger partial charge in [0.1, 0.15) is 5.75 Å². The molecular weight excluding hydrogens is 230 g/mol. The Kier molecular flexibility index (Phi) is 5.65. The van der Waals surface area contributed by atoms with Crippen molar-refractivity contribution in [3.8, 4) is 5.75 Å². The maximum atomic E-state index is 12.1. The van der Waals surface area contributed by atoms with Gasteiger partial charge in [-0.3, -0.25) is 4.79 Å². The minimum absolute atomic E-state index is 0.0474. The summed E-state index contributed by atoms with van der Waals surface area (Å²) in [7, 11) is 1.68. The van der Waals surface area contributed by atoms with Crippen molar-refractivity contribution in [3.05, 3.63) is 29.8 Å². The minimum Gasteiger partial charge on any atom is -0.494 e. The van der Waals surface area contributed by atoms with E-state index in [1.54, 1.807) is 32.2 Å². The predicted octanol–water partition coefficient (Wildman–Crippen LogP) is 1.93. The molecule has 100 valence electrons. The highest BCUT2D eigenvalue weighted by atomic mass is 16.5. The lowest BCUT2D eigenvalue weighted by Gasteiger charge is -2.23. The summed E-state index contributed by atoms with van der Waals surface area (Å²) in [5, 5.41) is 9.05. The van der Waals surface area contributed by atoms with Crippen molar-refractivity contribution in [2.45, 2.75) is 26.3 Å². The molecule has 0 heterocycles. The third-order valence-electron chi connectivity index (χ3n) is 2.80. The summed E-state index contributed by atoms with van der Waals surface area (Å²) in [6.45, 7) is 4.43. The van der Waals surface area contributed by atoms with E-state index in [0.717, 1.165) is 6.42 Å². The van der Waals surface area contributed by atoms with Crippen LogP contribution >= 0.6 is 0 Å². The molecule has 18 heavy (non-hydrogen) atoms. The van der Waals surface area contributed by atoms with Crippen LogP contribution in [0.5, 0.6) is 5.75 Å². The topological polar surface area (TPSA) is 49.8 Å². The normalized spacial score (nSPS) is 12.0. The molecule has 0 bridgehead atoms. The Morgan fingerprint density at radius 3 is 2.83 bits per heavy atom. The van der Waals surface area contributed by atoms with Crippen molar-refractivity contribution in [1.29, 1.82) is 0 Å². The molecule has 0 fully saturated rings. The average Bonchev–Trinajstić information content (AvgIpc) is 2.42. The number of amides is 1. The summed E-state index contributed by atoms with van der Waals surface area (Å²) in [6.07, 6.45) is 0.930. The number of benzene rings is 1. The summed E-state index contributed by atoms with van der Waals surface area (Å²) in [4.78, 5) is 13.7. The summed E-state index contributed by atoms with van der Waals surface area (Å²) in [6, 6.07) is 6.93. The maximum Gasteiger partial charge on any atom is 0.254 e. The monoisotopic (exact) mass is 251 g/mol. The second-order valence-corrected chi connectivity index (χ2v) is 4.32. The molecule has 1 aromatic rings. The number of carbonyl (C=O) groups excluding carboxylic acids is 1. The van der Waals surface area contributed by atoms with Crippen molar-refractivity contribution >= 4 is 5.91 Å². The summed E-state index contributed by atoms with van der Waals surface area (Å²) < 4.78 is 5.49. The predicted molar refractivity (Wildman–Crippen MR) is 70.9 cm³/mol. The number of aliphatic hydroxyl groups excluding tert-OH is 1. The maximum absolute atomic E-state index is 12.1. The molecule has 0 aliphatic heterocycles. The van der Waals surface area contributed by atoms with Crippen molar-refractivity contribution in [2.24, 2.45) is 0 Å². The first-order valence-corrected chi connectivity index (χ1v) is 6.21. The molecule has 0 aliphatic carbocycles. The molecule has 1 N–H and O–H groups in total. The van der Waals surface area contributed by atoms with Crippen LogP contribution in [0.1, 0.15) is 30.6 Å². The fourth-order valence-electron chi connectivity index (χ4n) is 1.47. The van der Waals surface area contributed by atoms with Crippen molar-refractivity contribution in [3.63, 3.8) is 0 Å². The van der Waals surface area contributed by atoms with Gasteiger partial charge in [0, 0.05) is 12.6 Å². The molecule has 0 aromatic heterocycles. The van der Waals surface area contributed by atoms with Crippen LogP contribution in [0.2, 0.25) is 0 Å². The largest absolute Gasteiger partial charge is 0.494 e. The molecule has 0 aliphatic rings. The Balaban J connectivity index is 2.79. The van der Waals surface area contributed by atoms with Crippen LogP contribution in [0.4, 0.5) is 0 Å². The lowest BCUT2D eigenvalue weighted by molar-refractivity contribution is 0.0681. The molecular formula is C14H21NO3. The number of hydrogen-bond acceptors (Lipinski definition) is 3. The van der Waals surface area contributed by atoms with Gasteiger partial charge in [0.25, 0.3) is 5.91 Å². The number of aliphatic hydroxyl groups is 1. The highest BCUT2D eigenvalue weighted by Crippen LogP contribution is 2.15. The van der Waals surface area contributed by atoms with Crippen LogP contribution in [0.3, 0.4) is 0 Å². The highest BCUT2D eigenvalue weighted by Gasteiger charge is 2.17. The van der Waals surface area contributed by atoms with Gasteiger partial charge in [-0.25, -0.2) is 0 Å². The fraction of sp³-hybridized carbons (Fsp3) is 0.500. The third-order valence-corrected chi connectivity index (χ3v) is 2.80. The van der Waals surface area contributed by atoms with Crippen LogP contribution < -0.4 is 4.74 Å². The van der Waals surface area contributed by atoms with E-state index >= 15 is 0 Å². The van der Waals surface area contributed by atoms with Crippen molar-refractivity contribution < 1.29 is 14.6 Å². The van der Waals surface area contributed by atoms with Crippen LogP contribution in [-0.2, 0) is 0 Å². The van der Waals surface area contributed by atoms with Gasteiger partial charge in [0.05, 0.1) is 19.3 Å². The molecule has 0 radical (unpaired) electrons. The molecule has 1 unspecified atom stereocenters. The Morgan fingerprint density at radius 2 is 2.22 bits per heavy atom. The third kappa shape index (κ3) is 3.74. The van der Waals surface area contributed by atoms with E-state index < -0.39 is 0 Å². The Labute approximate surface area is 108 Å². The van der Waals surface area contributed by atoms with Gasteiger partial charge in [-0.1, -0.05) is 13.0 Å². The number of likely N-dealkylation sites (N-methyl/N-ethyl adjacent to an activating group) is 1. The number of carbonyl (C=O) groups is 1. The Morgan fingerprint density at radius 1 is 1.50 bits per heavy atom. The molecule has 1 atom stereocenters. The first-order valence-electron chi connectivity index (χ1n) is 6.21. The van der Waals surface area contributed by atoms with E-state index in [1.807, 2.05) is 13.0 Å². The van der Waals surface area contributed by atoms with E-state index in [9.17, 15) is 4.79 Å². The van der Waals surface area contributed by atoms with Crippen LogP contribution in [0.15, 0.2) is 24.3 Å².